The minimum atomic E-state index is 0. The summed E-state index contributed by atoms with van der Waals surface area (Å²) in [5.74, 6) is 0.693. The molecular weight excluding hydrogens is 587 g/mol. The third-order valence-corrected chi connectivity index (χ3v) is 5.22. The van der Waals surface area contributed by atoms with E-state index >= 15 is 0 Å². The van der Waals surface area contributed by atoms with Crippen molar-refractivity contribution in [3.05, 3.63) is 109 Å². The molecule has 0 aliphatic heterocycles. The molecule has 0 atom stereocenters. The molecule has 0 N–H and O–H groups in total. The summed E-state index contributed by atoms with van der Waals surface area (Å²) in [4.78, 5) is 13.6. The maximum absolute atomic E-state index is 4.56. The molecule has 165 valence electrons. The van der Waals surface area contributed by atoms with Crippen molar-refractivity contribution in [2.24, 2.45) is 7.05 Å². The van der Waals surface area contributed by atoms with Gasteiger partial charge in [0.2, 0.25) is 0 Å². The molecule has 6 heteroatoms. The second-order valence-corrected chi connectivity index (χ2v) is 7.65. The number of nitrogens with zero attached hydrogens (tertiary/aromatic N) is 5. The van der Waals surface area contributed by atoms with Crippen LogP contribution in [0.2, 0.25) is 0 Å². The summed E-state index contributed by atoms with van der Waals surface area (Å²) in [6.45, 7) is 2.07. The van der Waals surface area contributed by atoms with Crippen molar-refractivity contribution in [1.82, 2.24) is 24.1 Å². The van der Waals surface area contributed by atoms with Crippen molar-refractivity contribution in [2.45, 2.75) is 6.92 Å². The minimum absolute atomic E-state index is 0. The Kier molecular flexibility index (Phi) is 6.78. The van der Waals surface area contributed by atoms with Crippen LogP contribution in [0.25, 0.3) is 39.0 Å². The molecule has 3 heterocycles. The summed E-state index contributed by atoms with van der Waals surface area (Å²) < 4.78 is 4.05. The van der Waals surface area contributed by atoms with Gasteiger partial charge in [-0.2, -0.15) is 17.7 Å². The standard InChI is InChI=1S/C16H10N3.C11H12N2.Ir/c1-2-6-12-11(5-1)9-10-17-15(12)16-18-13-7-3-4-8-14(13)19-16;1-10-3-5-11(6-4-10)13-8-7-12(2)9-13;/h1-10H;3-5,7-9H,1-2H3;/q-1;;. The van der Waals surface area contributed by atoms with E-state index in [2.05, 4.69) is 52.2 Å². The number of benzene rings is 3. The van der Waals surface area contributed by atoms with Gasteiger partial charge < -0.3 is 9.97 Å². The van der Waals surface area contributed by atoms with Gasteiger partial charge in [-0.05, 0) is 28.3 Å². The maximum atomic E-state index is 4.56. The van der Waals surface area contributed by atoms with E-state index in [1.165, 1.54) is 5.56 Å². The predicted molar refractivity (Wildman–Crippen MR) is 129 cm³/mol. The molecule has 3 aromatic carbocycles. The number of para-hydroxylation sites is 2. The average Bonchev–Trinajstić information content (AvgIpc) is 3.46. The van der Waals surface area contributed by atoms with Gasteiger partial charge in [0.1, 0.15) is 12.4 Å². The molecule has 0 saturated heterocycles. The topological polar surface area (TPSA) is 49.7 Å². The maximum Gasteiger partial charge on any atom is 0.163 e. The molecule has 0 amide bonds. The van der Waals surface area contributed by atoms with Crippen molar-refractivity contribution in [2.75, 3.05) is 0 Å². The molecule has 6 aromatic rings. The molecule has 1 radical (unpaired) electrons. The fraction of sp³-hybridized carbons (Fsp3) is 0.0741. The summed E-state index contributed by atoms with van der Waals surface area (Å²) in [6.07, 6.45) is 7.84. The molecule has 6 rings (SSSR count). The van der Waals surface area contributed by atoms with Gasteiger partial charge in [-0.15, -0.1) is 12.1 Å². The third kappa shape index (κ3) is 4.92. The van der Waals surface area contributed by atoms with Crippen LogP contribution < -0.4 is 4.98 Å². The Balaban J connectivity index is 0.000000164. The van der Waals surface area contributed by atoms with Gasteiger partial charge >= 0.3 is 0 Å². The molecular formula is C27H22IrN5-. The Morgan fingerprint density at radius 1 is 0.939 bits per heavy atom. The second-order valence-electron chi connectivity index (χ2n) is 7.65. The van der Waals surface area contributed by atoms with E-state index in [0.717, 1.165) is 33.2 Å². The molecule has 0 aliphatic rings. The molecule has 0 aliphatic carbocycles. The van der Waals surface area contributed by atoms with E-state index < -0.39 is 0 Å². The van der Waals surface area contributed by atoms with Crippen molar-refractivity contribution >= 4 is 21.8 Å². The molecule has 5 nitrogen and oxygen atoms in total. The van der Waals surface area contributed by atoms with E-state index in [1.807, 2.05) is 83.4 Å². The van der Waals surface area contributed by atoms with Gasteiger partial charge in [-0.25, -0.2) is 4.57 Å². The normalized spacial score (nSPS) is 10.5. The minimum Gasteiger partial charge on any atom is -0.434 e. The second kappa shape index (κ2) is 9.90. The number of imidazole rings is 2. The SMILES string of the molecule is Cc1c[c-]c(-n2ccn(C)[cH+]2)cc1.[Ir].c1ccc2c(-c3nc4ccccc4[n-]3)nccc2c1. The molecule has 0 bridgehead atoms. The monoisotopic (exact) mass is 609 g/mol. The number of hydrogen-bond donors (Lipinski definition) is 0. The van der Waals surface area contributed by atoms with E-state index in [4.69, 9.17) is 0 Å². The first-order chi connectivity index (χ1) is 15.7. The van der Waals surface area contributed by atoms with Crippen LogP contribution in [0.5, 0.6) is 0 Å². The predicted octanol–water partition coefficient (Wildman–Crippen LogP) is 5.61. The van der Waals surface area contributed by atoms with Crippen LogP contribution in [0.1, 0.15) is 5.56 Å². The third-order valence-electron chi connectivity index (χ3n) is 5.22. The van der Waals surface area contributed by atoms with Crippen molar-refractivity contribution in [3.8, 4) is 17.2 Å². The van der Waals surface area contributed by atoms with Crippen molar-refractivity contribution < 1.29 is 20.1 Å². The molecule has 3 aromatic heterocycles. The quantitative estimate of drug-likeness (QED) is 0.240. The number of hydrogen-bond acceptors (Lipinski definition) is 2. The van der Waals surface area contributed by atoms with Crippen LogP contribution >= 0.6 is 0 Å². The van der Waals surface area contributed by atoms with Crippen molar-refractivity contribution in [3.63, 3.8) is 0 Å². The smallest absolute Gasteiger partial charge is 0.163 e. The molecule has 0 fully saturated rings. The van der Waals surface area contributed by atoms with E-state index in [0.29, 0.717) is 5.82 Å². The summed E-state index contributed by atoms with van der Waals surface area (Å²) in [7, 11) is 2.00. The fourth-order valence-corrected chi connectivity index (χ4v) is 3.56. The zero-order valence-electron chi connectivity index (χ0n) is 18.3. The first kappa shape index (κ1) is 22.6. The largest absolute Gasteiger partial charge is 0.434 e. The van der Waals surface area contributed by atoms with E-state index in [9.17, 15) is 0 Å². The van der Waals surface area contributed by atoms with Gasteiger partial charge in [0.05, 0.1) is 5.69 Å². The molecule has 0 spiro atoms. The Hall–Kier alpha value is -3.60. The van der Waals surface area contributed by atoms with Gasteiger partial charge in [0.15, 0.2) is 6.33 Å². The van der Waals surface area contributed by atoms with Gasteiger partial charge in [0, 0.05) is 44.4 Å². The number of aryl methyl sites for hydroxylation is 2. The molecule has 33 heavy (non-hydrogen) atoms. The van der Waals surface area contributed by atoms with E-state index in [1.54, 1.807) is 6.20 Å². The van der Waals surface area contributed by atoms with Crippen LogP contribution in [0.15, 0.2) is 97.7 Å². The van der Waals surface area contributed by atoms with Gasteiger partial charge in [-0.3, -0.25) is 9.55 Å². The first-order valence-corrected chi connectivity index (χ1v) is 10.4. The molecule has 0 unspecified atom stereocenters. The van der Waals surface area contributed by atoms with Crippen LogP contribution in [0.3, 0.4) is 0 Å². The number of rotatable bonds is 2. The Bertz CT molecular complexity index is 1460. The number of pyridine rings is 1. The Morgan fingerprint density at radius 2 is 1.76 bits per heavy atom. The molecule has 0 saturated carbocycles. The van der Waals surface area contributed by atoms with Gasteiger partial charge in [0.25, 0.3) is 0 Å². The van der Waals surface area contributed by atoms with E-state index in [-0.39, 0.29) is 20.1 Å². The number of fused-ring (bicyclic) bond motifs is 2. The van der Waals surface area contributed by atoms with Crippen LogP contribution in [-0.4, -0.2) is 19.1 Å². The van der Waals surface area contributed by atoms with Gasteiger partial charge in [-0.1, -0.05) is 55.5 Å². The Morgan fingerprint density at radius 3 is 2.52 bits per heavy atom. The zero-order chi connectivity index (χ0) is 21.9. The van der Waals surface area contributed by atoms with Crippen LogP contribution in [0.4, 0.5) is 0 Å². The zero-order valence-corrected chi connectivity index (χ0v) is 20.7. The fourth-order valence-electron chi connectivity index (χ4n) is 3.56. The summed E-state index contributed by atoms with van der Waals surface area (Å²) in [5.41, 5.74) is 4.97. The summed E-state index contributed by atoms with van der Waals surface area (Å²) in [5, 5.41) is 2.24. The number of aromatic nitrogens is 5. The van der Waals surface area contributed by atoms with Crippen LogP contribution in [0, 0.1) is 13.0 Å². The average molecular weight is 609 g/mol. The Labute approximate surface area is 206 Å². The first-order valence-electron chi connectivity index (χ1n) is 10.4. The van der Waals surface area contributed by atoms with Crippen LogP contribution in [-0.2, 0) is 27.2 Å². The van der Waals surface area contributed by atoms with Crippen molar-refractivity contribution in [1.29, 1.82) is 0 Å². The summed E-state index contributed by atoms with van der Waals surface area (Å²) in [6, 6.07) is 27.4. The summed E-state index contributed by atoms with van der Waals surface area (Å²) >= 11 is 0.